The van der Waals surface area contributed by atoms with Gasteiger partial charge in [0.25, 0.3) is 0 Å². The zero-order valence-corrected chi connectivity index (χ0v) is 16.3. The lowest BCUT2D eigenvalue weighted by molar-refractivity contribution is 0.412. The lowest BCUT2D eigenvalue weighted by Crippen LogP contribution is -2.41. The quantitative estimate of drug-likeness (QED) is 0.435. The van der Waals surface area contributed by atoms with Crippen LogP contribution in [0.4, 0.5) is 0 Å². The number of nitrogens with zero attached hydrogens (tertiary/aromatic N) is 4. The number of imidazole rings is 1. The summed E-state index contributed by atoms with van der Waals surface area (Å²) in [6, 6.07) is 4.49. The van der Waals surface area contributed by atoms with Crippen molar-refractivity contribution in [2.45, 2.75) is 51.6 Å². The predicted octanol–water partition coefficient (Wildman–Crippen LogP) is 2.93. The second kappa shape index (κ2) is 9.00. The van der Waals surface area contributed by atoms with Crippen molar-refractivity contribution in [1.82, 2.24) is 19.9 Å². The minimum Gasteiger partial charge on any atom is -0.370 e. The highest BCUT2D eigenvalue weighted by molar-refractivity contribution is 14.0. The maximum absolute atomic E-state index is 5.99. The van der Waals surface area contributed by atoms with E-state index in [0.29, 0.717) is 18.5 Å². The summed E-state index contributed by atoms with van der Waals surface area (Å²) in [5, 5.41) is 3.33. The molecule has 0 aromatic carbocycles. The minimum atomic E-state index is 0. The summed E-state index contributed by atoms with van der Waals surface area (Å²) in [6.45, 7) is 2.50. The van der Waals surface area contributed by atoms with Crippen LogP contribution in [0.3, 0.4) is 0 Å². The van der Waals surface area contributed by atoms with Gasteiger partial charge < -0.3 is 11.1 Å². The maximum atomic E-state index is 5.99. The molecule has 1 aliphatic rings. The number of aryl methyl sites for hydroxylation is 1. The lowest BCUT2D eigenvalue weighted by Gasteiger charge is -2.23. The van der Waals surface area contributed by atoms with Crippen LogP contribution in [0, 0.1) is 6.92 Å². The van der Waals surface area contributed by atoms with E-state index in [1.165, 1.54) is 32.1 Å². The number of hydrogen-bond acceptors (Lipinski definition) is 3. The van der Waals surface area contributed by atoms with Crippen molar-refractivity contribution in [3.63, 3.8) is 0 Å². The van der Waals surface area contributed by atoms with E-state index >= 15 is 0 Å². The van der Waals surface area contributed by atoms with Crippen molar-refractivity contribution in [3.8, 4) is 5.82 Å². The van der Waals surface area contributed by atoms with Crippen LogP contribution in [0.2, 0.25) is 0 Å². The summed E-state index contributed by atoms with van der Waals surface area (Å²) in [7, 11) is 0. The molecule has 1 saturated carbocycles. The molecule has 0 radical (unpaired) electrons. The van der Waals surface area contributed by atoms with Crippen molar-refractivity contribution < 1.29 is 0 Å². The summed E-state index contributed by atoms with van der Waals surface area (Å²) in [5.74, 6) is 2.32. The molecule has 0 aliphatic heterocycles. The van der Waals surface area contributed by atoms with Gasteiger partial charge in [0.05, 0.1) is 6.54 Å². The average Bonchev–Trinajstić information content (AvgIpc) is 3.00. The smallest absolute Gasteiger partial charge is 0.189 e. The van der Waals surface area contributed by atoms with E-state index in [2.05, 4.69) is 20.3 Å². The molecule has 3 rings (SSSR count). The third kappa shape index (κ3) is 4.93. The van der Waals surface area contributed by atoms with Crippen LogP contribution in [-0.2, 0) is 6.54 Å². The van der Waals surface area contributed by atoms with Crippen molar-refractivity contribution >= 4 is 29.9 Å². The molecule has 130 valence electrons. The molecule has 2 aromatic heterocycles. The topological polar surface area (TPSA) is 81.1 Å². The first-order valence-electron chi connectivity index (χ1n) is 8.24. The zero-order chi connectivity index (χ0) is 16.1. The van der Waals surface area contributed by atoms with Gasteiger partial charge in [-0.3, -0.25) is 4.57 Å². The number of rotatable bonds is 4. The van der Waals surface area contributed by atoms with Crippen LogP contribution >= 0.6 is 24.0 Å². The molecular weight excluding hydrogens is 415 g/mol. The van der Waals surface area contributed by atoms with Gasteiger partial charge in [0.2, 0.25) is 0 Å². The Kier molecular flexibility index (Phi) is 7.01. The predicted molar refractivity (Wildman–Crippen MR) is 107 cm³/mol. The van der Waals surface area contributed by atoms with E-state index in [9.17, 15) is 0 Å². The van der Waals surface area contributed by atoms with Crippen molar-refractivity contribution in [2.24, 2.45) is 10.7 Å². The molecule has 0 atom stereocenters. The Balaban J connectivity index is 0.00000208. The molecule has 0 amide bonds. The van der Waals surface area contributed by atoms with Crippen LogP contribution in [0.5, 0.6) is 0 Å². The second-order valence-corrected chi connectivity index (χ2v) is 6.05. The first-order valence-corrected chi connectivity index (χ1v) is 8.24. The molecule has 2 aromatic rings. The Morgan fingerprint density at radius 2 is 2.08 bits per heavy atom. The fraction of sp³-hybridized carbons (Fsp3) is 0.471. The van der Waals surface area contributed by atoms with Crippen LogP contribution in [0.15, 0.2) is 35.7 Å². The molecule has 0 spiro atoms. The Labute approximate surface area is 160 Å². The van der Waals surface area contributed by atoms with E-state index < -0.39 is 0 Å². The molecule has 24 heavy (non-hydrogen) atoms. The highest BCUT2D eigenvalue weighted by Crippen LogP contribution is 2.17. The maximum Gasteiger partial charge on any atom is 0.189 e. The van der Waals surface area contributed by atoms with E-state index in [0.717, 1.165) is 17.2 Å². The van der Waals surface area contributed by atoms with Crippen LogP contribution in [0.25, 0.3) is 5.82 Å². The van der Waals surface area contributed by atoms with E-state index in [1.54, 1.807) is 6.20 Å². The van der Waals surface area contributed by atoms with Gasteiger partial charge in [-0.25, -0.2) is 15.0 Å². The first-order chi connectivity index (χ1) is 11.2. The van der Waals surface area contributed by atoms with E-state index in [4.69, 9.17) is 5.73 Å². The SMILES string of the molecule is Cc1nccn1-c1ccc(CN=C(N)NC2CCCCC2)cn1.I. The van der Waals surface area contributed by atoms with Crippen LogP contribution in [-0.4, -0.2) is 26.5 Å². The lowest BCUT2D eigenvalue weighted by atomic mass is 9.96. The Bertz CT molecular complexity index is 658. The van der Waals surface area contributed by atoms with Crippen molar-refractivity contribution in [3.05, 3.63) is 42.1 Å². The molecule has 1 fully saturated rings. The summed E-state index contributed by atoms with van der Waals surface area (Å²) >= 11 is 0. The third-order valence-electron chi connectivity index (χ3n) is 4.27. The van der Waals surface area contributed by atoms with Crippen molar-refractivity contribution in [1.29, 1.82) is 0 Å². The minimum absolute atomic E-state index is 0. The first kappa shape index (κ1) is 18.7. The van der Waals surface area contributed by atoms with Crippen LogP contribution < -0.4 is 11.1 Å². The number of aromatic nitrogens is 3. The molecule has 1 aliphatic carbocycles. The average molecular weight is 440 g/mol. The molecule has 6 nitrogen and oxygen atoms in total. The molecule has 3 N–H and O–H groups in total. The number of pyridine rings is 1. The van der Waals surface area contributed by atoms with Gasteiger partial charge in [-0.15, -0.1) is 24.0 Å². The number of guanidine groups is 1. The van der Waals surface area contributed by atoms with Gasteiger partial charge in [0.1, 0.15) is 11.6 Å². The van der Waals surface area contributed by atoms with E-state index in [-0.39, 0.29) is 24.0 Å². The monoisotopic (exact) mass is 440 g/mol. The fourth-order valence-corrected chi connectivity index (χ4v) is 2.95. The van der Waals surface area contributed by atoms with Crippen molar-refractivity contribution in [2.75, 3.05) is 0 Å². The van der Waals surface area contributed by atoms with Gasteiger partial charge in [-0.05, 0) is 31.4 Å². The third-order valence-corrected chi connectivity index (χ3v) is 4.27. The number of halogens is 1. The summed E-state index contributed by atoms with van der Waals surface area (Å²) in [4.78, 5) is 13.1. The summed E-state index contributed by atoms with van der Waals surface area (Å²) in [6.07, 6.45) is 11.8. The van der Waals surface area contributed by atoms with Gasteiger partial charge in [-0.1, -0.05) is 25.3 Å². The zero-order valence-electron chi connectivity index (χ0n) is 14.0. The number of nitrogens with one attached hydrogen (secondary N) is 1. The number of hydrogen-bond donors (Lipinski definition) is 2. The fourth-order valence-electron chi connectivity index (χ4n) is 2.95. The standard InChI is InChI=1S/C17H24N6.HI/c1-13-19-9-10-23(13)16-8-7-14(11-20-16)12-21-17(18)22-15-5-3-2-4-6-15;/h7-11,15H,2-6,12H2,1H3,(H3,18,21,22);1H. The normalized spacial score (nSPS) is 15.8. The largest absolute Gasteiger partial charge is 0.370 e. The number of aliphatic imine (C=N–C) groups is 1. The van der Waals surface area contributed by atoms with Crippen LogP contribution in [0.1, 0.15) is 43.5 Å². The van der Waals surface area contributed by atoms with Gasteiger partial charge in [-0.2, -0.15) is 0 Å². The number of nitrogens with two attached hydrogens (primary N) is 1. The molecule has 2 heterocycles. The molecular formula is C17H25IN6. The van der Waals surface area contributed by atoms with E-state index in [1.807, 2.05) is 36.0 Å². The molecule has 0 saturated heterocycles. The molecule has 0 bridgehead atoms. The Morgan fingerprint density at radius 1 is 1.29 bits per heavy atom. The van der Waals surface area contributed by atoms with Gasteiger partial charge in [0.15, 0.2) is 5.96 Å². The summed E-state index contributed by atoms with van der Waals surface area (Å²) in [5.41, 5.74) is 7.03. The molecule has 7 heteroatoms. The second-order valence-electron chi connectivity index (χ2n) is 6.05. The van der Waals surface area contributed by atoms with Gasteiger partial charge in [0, 0.05) is 24.6 Å². The summed E-state index contributed by atoms with van der Waals surface area (Å²) < 4.78 is 1.95. The van der Waals surface area contributed by atoms with Gasteiger partial charge >= 0.3 is 0 Å². The highest BCUT2D eigenvalue weighted by Gasteiger charge is 2.13. The highest BCUT2D eigenvalue weighted by atomic mass is 127. The molecule has 0 unspecified atom stereocenters. The Morgan fingerprint density at radius 3 is 2.71 bits per heavy atom. The Hall–Kier alpha value is -1.64.